The van der Waals surface area contributed by atoms with E-state index in [4.69, 9.17) is 16.3 Å². The van der Waals surface area contributed by atoms with Gasteiger partial charge in [0.05, 0.1) is 24.0 Å². The number of carbonyl (C=O) groups is 1. The van der Waals surface area contributed by atoms with Crippen LogP contribution in [0.1, 0.15) is 24.8 Å². The number of halogens is 1. The number of hydrogen-bond donors (Lipinski definition) is 1. The third-order valence-corrected chi connectivity index (χ3v) is 4.88. The van der Waals surface area contributed by atoms with Crippen molar-refractivity contribution in [3.8, 4) is 0 Å². The molecule has 0 atom stereocenters. The minimum atomic E-state index is -0.688. The minimum Gasteiger partial charge on any atom is -0.481 e. The first-order valence-electron chi connectivity index (χ1n) is 6.18. The van der Waals surface area contributed by atoms with Crippen LogP contribution in [0, 0.1) is 5.41 Å². The molecule has 1 aromatic carbocycles. The fourth-order valence-corrected chi connectivity index (χ4v) is 3.35. The van der Waals surface area contributed by atoms with E-state index >= 15 is 0 Å². The Morgan fingerprint density at radius 1 is 1.22 bits per heavy atom. The molecule has 1 aliphatic heterocycles. The van der Waals surface area contributed by atoms with Gasteiger partial charge in [0.1, 0.15) is 0 Å². The topological polar surface area (TPSA) is 46.5 Å². The van der Waals surface area contributed by atoms with Gasteiger partial charge >= 0.3 is 5.97 Å². The van der Waals surface area contributed by atoms with Crippen molar-refractivity contribution in [2.75, 3.05) is 13.2 Å². The monoisotopic (exact) mass is 266 g/mol. The van der Waals surface area contributed by atoms with Crippen molar-refractivity contribution in [3.05, 3.63) is 34.9 Å². The van der Waals surface area contributed by atoms with Gasteiger partial charge in [-0.15, -0.1) is 0 Å². The van der Waals surface area contributed by atoms with Gasteiger partial charge in [-0.25, -0.2) is 0 Å². The standard InChI is InChI=1S/C14H15ClO3/c15-11-4-2-10(3-5-11)14(8-18-9-14)13(12(16)17)6-1-7-13/h2-5H,1,6-9H2,(H,16,17). The first-order chi connectivity index (χ1) is 8.61. The highest BCUT2D eigenvalue weighted by Gasteiger charge is 2.64. The molecule has 3 nitrogen and oxygen atoms in total. The largest absolute Gasteiger partial charge is 0.481 e. The van der Waals surface area contributed by atoms with E-state index in [2.05, 4.69) is 0 Å². The van der Waals surface area contributed by atoms with E-state index in [1.54, 1.807) is 0 Å². The van der Waals surface area contributed by atoms with E-state index < -0.39 is 11.4 Å². The fraction of sp³-hybridized carbons (Fsp3) is 0.500. The summed E-state index contributed by atoms with van der Waals surface area (Å²) in [7, 11) is 0. The van der Waals surface area contributed by atoms with Gasteiger partial charge in [-0.3, -0.25) is 4.79 Å². The number of carboxylic acids is 1. The lowest BCUT2D eigenvalue weighted by Gasteiger charge is -2.57. The molecule has 0 bridgehead atoms. The molecule has 1 heterocycles. The third-order valence-electron chi connectivity index (χ3n) is 4.63. The zero-order chi connectivity index (χ0) is 12.8. The van der Waals surface area contributed by atoms with Gasteiger partial charge < -0.3 is 9.84 Å². The Hall–Kier alpha value is -1.06. The van der Waals surface area contributed by atoms with Crippen molar-refractivity contribution >= 4 is 17.6 Å². The van der Waals surface area contributed by atoms with Gasteiger partial charge in [-0.1, -0.05) is 30.2 Å². The molecule has 0 radical (unpaired) electrons. The van der Waals surface area contributed by atoms with E-state index in [1.807, 2.05) is 24.3 Å². The summed E-state index contributed by atoms with van der Waals surface area (Å²) in [5, 5.41) is 10.3. The lowest BCUT2D eigenvalue weighted by atomic mass is 9.50. The Labute approximate surface area is 111 Å². The molecule has 1 saturated heterocycles. The van der Waals surface area contributed by atoms with Crippen LogP contribution in [0.2, 0.25) is 5.02 Å². The zero-order valence-corrected chi connectivity index (χ0v) is 10.7. The highest BCUT2D eigenvalue weighted by Crippen LogP contribution is 2.58. The molecule has 1 aromatic rings. The maximum Gasteiger partial charge on any atom is 0.310 e. The van der Waals surface area contributed by atoms with Crippen LogP contribution in [0.4, 0.5) is 0 Å². The normalized spacial score (nSPS) is 23.8. The predicted octanol–water partition coefficient (Wildman–Crippen LogP) is 2.86. The molecule has 0 spiro atoms. The third kappa shape index (κ3) is 1.38. The maximum absolute atomic E-state index is 11.7. The molecule has 0 unspecified atom stereocenters. The first-order valence-corrected chi connectivity index (χ1v) is 6.56. The van der Waals surface area contributed by atoms with Crippen LogP contribution in [-0.4, -0.2) is 24.3 Å². The second-order valence-electron chi connectivity index (χ2n) is 5.32. The summed E-state index contributed by atoms with van der Waals surface area (Å²) in [5.41, 5.74) is 0.0426. The molecule has 0 aromatic heterocycles. The highest BCUT2D eigenvalue weighted by molar-refractivity contribution is 6.30. The van der Waals surface area contributed by atoms with Crippen molar-refractivity contribution in [2.45, 2.75) is 24.7 Å². The predicted molar refractivity (Wildman–Crippen MR) is 67.9 cm³/mol. The molecule has 4 heteroatoms. The van der Waals surface area contributed by atoms with Crippen LogP contribution < -0.4 is 0 Å². The zero-order valence-electron chi connectivity index (χ0n) is 9.99. The molecular weight excluding hydrogens is 252 g/mol. The maximum atomic E-state index is 11.7. The number of hydrogen-bond acceptors (Lipinski definition) is 2. The summed E-state index contributed by atoms with van der Waals surface area (Å²) < 4.78 is 5.36. The van der Waals surface area contributed by atoms with Crippen LogP contribution in [-0.2, 0) is 14.9 Å². The molecule has 1 aliphatic carbocycles. The minimum absolute atomic E-state index is 0.359. The van der Waals surface area contributed by atoms with Crippen molar-refractivity contribution in [2.24, 2.45) is 5.41 Å². The van der Waals surface area contributed by atoms with Gasteiger partial charge in [0.25, 0.3) is 0 Å². The first kappa shape index (κ1) is 12.0. The van der Waals surface area contributed by atoms with Crippen molar-refractivity contribution in [1.82, 2.24) is 0 Å². The van der Waals surface area contributed by atoms with Crippen molar-refractivity contribution in [3.63, 3.8) is 0 Å². The van der Waals surface area contributed by atoms with E-state index in [1.165, 1.54) is 0 Å². The fourth-order valence-electron chi connectivity index (χ4n) is 3.22. The Morgan fingerprint density at radius 2 is 1.83 bits per heavy atom. The second kappa shape index (κ2) is 3.97. The van der Waals surface area contributed by atoms with Crippen LogP contribution >= 0.6 is 11.6 Å². The van der Waals surface area contributed by atoms with Crippen molar-refractivity contribution in [1.29, 1.82) is 0 Å². The summed E-state index contributed by atoms with van der Waals surface area (Å²) in [6.45, 7) is 1.00. The lowest BCUT2D eigenvalue weighted by Crippen LogP contribution is -2.64. The molecule has 96 valence electrons. The number of carboxylic acid groups (broad SMARTS) is 1. The number of benzene rings is 1. The SMILES string of the molecule is O=C(O)C1(C2(c3ccc(Cl)cc3)COC2)CCC1. The summed E-state index contributed by atoms with van der Waals surface area (Å²) in [5.74, 6) is -0.688. The molecular formula is C14H15ClO3. The second-order valence-corrected chi connectivity index (χ2v) is 5.76. The lowest BCUT2D eigenvalue weighted by molar-refractivity contribution is -0.192. The molecule has 0 amide bonds. The number of rotatable bonds is 3. The summed E-state index contributed by atoms with van der Waals surface area (Å²) >= 11 is 5.90. The molecule has 1 N–H and O–H groups in total. The average Bonchev–Trinajstić information content (AvgIpc) is 2.21. The van der Waals surface area contributed by atoms with Gasteiger partial charge in [0.2, 0.25) is 0 Å². The number of ether oxygens (including phenoxy) is 1. The molecule has 2 aliphatic rings. The van der Waals surface area contributed by atoms with Crippen LogP contribution in [0.15, 0.2) is 24.3 Å². The quantitative estimate of drug-likeness (QED) is 0.915. The van der Waals surface area contributed by atoms with Crippen LogP contribution in [0.3, 0.4) is 0 Å². The molecule has 1 saturated carbocycles. The van der Waals surface area contributed by atoms with E-state index in [9.17, 15) is 9.90 Å². The van der Waals surface area contributed by atoms with Crippen LogP contribution in [0.5, 0.6) is 0 Å². The van der Waals surface area contributed by atoms with Crippen LogP contribution in [0.25, 0.3) is 0 Å². The van der Waals surface area contributed by atoms with Gasteiger partial charge in [-0.2, -0.15) is 0 Å². The van der Waals surface area contributed by atoms with Gasteiger partial charge in [-0.05, 0) is 30.5 Å². The Balaban J connectivity index is 2.04. The molecule has 3 rings (SSSR count). The van der Waals surface area contributed by atoms with E-state index in [0.29, 0.717) is 18.2 Å². The Bertz CT molecular complexity index is 472. The number of aliphatic carboxylic acids is 1. The highest BCUT2D eigenvalue weighted by atomic mass is 35.5. The average molecular weight is 267 g/mol. The van der Waals surface area contributed by atoms with Crippen molar-refractivity contribution < 1.29 is 14.6 Å². The smallest absolute Gasteiger partial charge is 0.310 e. The molecule has 18 heavy (non-hydrogen) atoms. The summed E-state index contributed by atoms with van der Waals surface area (Å²) in [6, 6.07) is 7.53. The Morgan fingerprint density at radius 3 is 2.17 bits per heavy atom. The Kier molecular flexibility index (Phi) is 2.65. The molecule has 2 fully saturated rings. The van der Waals surface area contributed by atoms with E-state index in [-0.39, 0.29) is 5.41 Å². The summed E-state index contributed by atoms with van der Waals surface area (Å²) in [4.78, 5) is 11.7. The summed E-state index contributed by atoms with van der Waals surface area (Å²) in [6.07, 6.45) is 2.48. The van der Waals surface area contributed by atoms with Gasteiger partial charge in [0.15, 0.2) is 0 Å². The van der Waals surface area contributed by atoms with E-state index in [0.717, 1.165) is 24.8 Å². The van der Waals surface area contributed by atoms with Gasteiger partial charge in [0, 0.05) is 5.02 Å².